The van der Waals surface area contributed by atoms with E-state index in [0.717, 1.165) is 73.7 Å². The highest BCUT2D eigenvalue weighted by molar-refractivity contribution is 5.98. The van der Waals surface area contributed by atoms with Crippen molar-refractivity contribution in [3.05, 3.63) is 126 Å². The van der Waals surface area contributed by atoms with Gasteiger partial charge in [0, 0.05) is 53.6 Å². The molecule has 2 aliphatic rings. The number of para-hydroxylation sites is 2. The molecule has 0 spiro atoms. The molecule has 4 heterocycles. The van der Waals surface area contributed by atoms with E-state index in [9.17, 15) is 9.18 Å². The lowest BCUT2D eigenvalue weighted by Gasteiger charge is -2.34. The van der Waals surface area contributed by atoms with E-state index in [1.807, 2.05) is 85.5 Å². The van der Waals surface area contributed by atoms with E-state index in [-0.39, 0.29) is 36.2 Å². The number of piperidine rings is 2. The van der Waals surface area contributed by atoms with Gasteiger partial charge in [-0.2, -0.15) is 0 Å². The molecule has 2 aromatic heterocycles. The maximum atomic E-state index is 15.3. The molecule has 5 aromatic carbocycles. The Hall–Kier alpha value is -6.77. The van der Waals surface area contributed by atoms with Crippen LogP contribution >= 0.6 is 0 Å². The quantitative estimate of drug-likeness (QED) is 0.0912. The first-order chi connectivity index (χ1) is 31.8. The van der Waals surface area contributed by atoms with Crippen molar-refractivity contribution in [3.8, 4) is 34.0 Å². The fourth-order valence-electron chi connectivity index (χ4n) is 8.94. The van der Waals surface area contributed by atoms with E-state index in [0.29, 0.717) is 76.9 Å². The van der Waals surface area contributed by atoms with Gasteiger partial charge in [-0.25, -0.2) is 28.7 Å². The average molecular weight is 878 g/mol. The summed E-state index contributed by atoms with van der Waals surface area (Å²) < 4.78 is 42.7. The van der Waals surface area contributed by atoms with Crippen LogP contribution in [0.1, 0.15) is 45.1 Å². The van der Waals surface area contributed by atoms with Crippen LogP contribution in [0.3, 0.4) is 0 Å². The first kappa shape index (κ1) is 43.5. The zero-order valence-corrected chi connectivity index (χ0v) is 36.7. The normalized spacial score (nSPS) is 15.0. The Morgan fingerprint density at radius 1 is 0.723 bits per heavy atom. The molecule has 2 fully saturated rings. The molecule has 9 rings (SSSR count). The van der Waals surface area contributed by atoms with Gasteiger partial charge in [-0.1, -0.05) is 60.7 Å². The Kier molecular flexibility index (Phi) is 13.3. The van der Waals surface area contributed by atoms with Gasteiger partial charge >= 0.3 is 0 Å². The van der Waals surface area contributed by atoms with E-state index >= 15 is 4.39 Å². The number of carbonyl (C=O) groups excluding carboxylic acids is 1. The maximum absolute atomic E-state index is 15.3. The number of benzene rings is 5. The first-order valence-corrected chi connectivity index (χ1v) is 22.6. The van der Waals surface area contributed by atoms with E-state index in [1.165, 1.54) is 12.1 Å². The average Bonchev–Trinajstić information content (AvgIpc) is 3.33. The van der Waals surface area contributed by atoms with Crippen LogP contribution in [0.5, 0.6) is 11.5 Å². The number of ether oxygens (including phenoxy) is 2. The summed E-state index contributed by atoms with van der Waals surface area (Å²) in [6.07, 6.45) is 3.27. The standard InChI is InChI=1S/C51H53F2N9O3/c1-3-64-44-29-33(31-61-27-23-34(24-28-61)55-50-56-42-19-11-7-15-38(42)47(59-50)36-13-5-9-17-40(36)52)30-45(65-4-2)49(44)58-46(63)32-62(35-21-25-54-26-22-35)51-57-43-20-12-8-16-39(43)48(60-51)37-14-6-10-18-41(37)53/h5-20,29-30,34-35,54H,3-4,21-28,31-32H2,1-2H3,(H,58,63)(H,55,56,59). The molecule has 0 radical (unpaired) electrons. The summed E-state index contributed by atoms with van der Waals surface area (Å²) in [5, 5.41) is 11.6. The monoisotopic (exact) mass is 877 g/mol. The summed E-state index contributed by atoms with van der Waals surface area (Å²) in [6.45, 7) is 8.41. The maximum Gasteiger partial charge on any atom is 0.244 e. The molecule has 0 unspecified atom stereocenters. The van der Waals surface area contributed by atoms with Crippen LogP contribution in [0, 0.1) is 11.6 Å². The highest BCUT2D eigenvalue weighted by Crippen LogP contribution is 2.38. The zero-order chi connectivity index (χ0) is 44.7. The number of halogens is 2. The Morgan fingerprint density at radius 3 is 1.88 bits per heavy atom. The van der Waals surface area contributed by atoms with Crippen LogP contribution in [0.2, 0.25) is 0 Å². The molecule has 14 heteroatoms. The fraction of sp³-hybridized carbons (Fsp3) is 0.314. The smallest absolute Gasteiger partial charge is 0.244 e. The van der Waals surface area contributed by atoms with Crippen molar-refractivity contribution in [2.24, 2.45) is 0 Å². The van der Waals surface area contributed by atoms with E-state index in [2.05, 4.69) is 20.9 Å². The summed E-state index contributed by atoms with van der Waals surface area (Å²) in [5.41, 5.74) is 4.74. The first-order valence-electron chi connectivity index (χ1n) is 22.6. The van der Waals surface area contributed by atoms with E-state index in [1.54, 1.807) is 30.3 Å². The van der Waals surface area contributed by atoms with Crippen molar-refractivity contribution in [3.63, 3.8) is 0 Å². The number of rotatable bonds is 15. The molecule has 2 aliphatic heterocycles. The van der Waals surface area contributed by atoms with Crippen molar-refractivity contribution in [1.29, 1.82) is 0 Å². The molecule has 3 N–H and O–H groups in total. The van der Waals surface area contributed by atoms with Crippen LogP contribution in [0.25, 0.3) is 44.3 Å². The third kappa shape index (κ3) is 9.83. The van der Waals surface area contributed by atoms with Crippen molar-refractivity contribution < 1.29 is 23.0 Å². The summed E-state index contributed by atoms with van der Waals surface area (Å²) in [5.74, 6) is 0.907. The number of nitrogens with one attached hydrogen (secondary N) is 3. The minimum absolute atomic E-state index is 0.0347. The highest BCUT2D eigenvalue weighted by atomic mass is 19.1. The predicted octanol–water partition coefficient (Wildman–Crippen LogP) is 9.26. The molecule has 0 atom stereocenters. The van der Waals surface area contributed by atoms with Gasteiger partial charge in [0.25, 0.3) is 0 Å². The number of likely N-dealkylation sites (tertiary alicyclic amines) is 1. The number of hydrogen-bond donors (Lipinski definition) is 3. The SMILES string of the molecule is CCOc1cc(CN2CCC(Nc3nc(-c4ccccc4F)c4ccccc4n3)CC2)cc(OCC)c1NC(=O)CN(c1nc(-c2ccccc2F)c2ccccc2n1)C1CCNCC1. The Balaban J connectivity index is 0.920. The van der Waals surface area contributed by atoms with E-state index in [4.69, 9.17) is 29.4 Å². The molecule has 65 heavy (non-hydrogen) atoms. The van der Waals surface area contributed by atoms with Crippen molar-refractivity contribution in [2.45, 2.75) is 58.2 Å². The van der Waals surface area contributed by atoms with Gasteiger partial charge in [0.15, 0.2) is 0 Å². The number of hydrogen-bond acceptors (Lipinski definition) is 11. The van der Waals surface area contributed by atoms with Gasteiger partial charge in [-0.3, -0.25) is 9.69 Å². The van der Waals surface area contributed by atoms with Crippen LogP contribution < -0.4 is 30.3 Å². The third-order valence-corrected chi connectivity index (χ3v) is 12.1. The number of amides is 1. The van der Waals surface area contributed by atoms with Crippen LogP contribution in [0.4, 0.5) is 26.4 Å². The number of nitrogens with zero attached hydrogens (tertiary/aromatic N) is 6. The summed E-state index contributed by atoms with van der Waals surface area (Å²) in [4.78, 5) is 38.2. The topological polar surface area (TPSA) is 130 Å². The van der Waals surface area contributed by atoms with Gasteiger partial charge in [-0.05, 0) is 107 Å². The number of aromatic nitrogens is 4. The third-order valence-electron chi connectivity index (χ3n) is 12.1. The molecule has 0 saturated carbocycles. The fourth-order valence-corrected chi connectivity index (χ4v) is 8.94. The summed E-state index contributed by atoms with van der Waals surface area (Å²) in [7, 11) is 0. The molecule has 334 valence electrons. The molecule has 0 aliphatic carbocycles. The molecule has 12 nitrogen and oxygen atoms in total. The zero-order valence-electron chi connectivity index (χ0n) is 36.7. The summed E-state index contributed by atoms with van der Waals surface area (Å²) in [6, 6.07) is 32.6. The van der Waals surface area contributed by atoms with Crippen LogP contribution in [-0.4, -0.2) is 88.8 Å². The predicted molar refractivity (Wildman–Crippen MR) is 252 cm³/mol. The van der Waals surface area contributed by atoms with Gasteiger partial charge in [0.1, 0.15) is 35.4 Å². The lowest BCUT2D eigenvalue weighted by atomic mass is 10.0. The minimum atomic E-state index is -0.380. The minimum Gasteiger partial charge on any atom is -0.492 e. The second-order valence-corrected chi connectivity index (χ2v) is 16.4. The summed E-state index contributed by atoms with van der Waals surface area (Å²) >= 11 is 0. The lowest BCUT2D eigenvalue weighted by molar-refractivity contribution is -0.115. The largest absolute Gasteiger partial charge is 0.492 e. The van der Waals surface area contributed by atoms with Crippen LogP contribution in [0.15, 0.2) is 109 Å². The Bertz CT molecular complexity index is 2770. The van der Waals surface area contributed by atoms with Gasteiger partial charge in [0.05, 0.1) is 35.6 Å². The second kappa shape index (κ2) is 20.0. The highest BCUT2D eigenvalue weighted by Gasteiger charge is 2.29. The second-order valence-electron chi connectivity index (χ2n) is 16.4. The molecule has 2 saturated heterocycles. The van der Waals surface area contributed by atoms with Gasteiger partial charge < -0.3 is 30.3 Å². The van der Waals surface area contributed by atoms with E-state index < -0.39 is 0 Å². The number of anilines is 3. The van der Waals surface area contributed by atoms with Crippen molar-refractivity contribution in [2.75, 3.05) is 61.5 Å². The Labute approximate surface area is 377 Å². The molecular weight excluding hydrogens is 825 g/mol. The van der Waals surface area contributed by atoms with Crippen molar-refractivity contribution >= 4 is 45.3 Å². The molecular formula is C51H53F2N9O3. The number of fused-ring (bicyclic) bond motifs is 2. The van der Waals surface area contributed by atoms with Gasteiger partial charge in [0.2, 0.25) is 17.8 Å². The molecule has 7 aromatic rings. The molecule has 0 bridgehead atoms. The molecule has 1 amide bonds. The Morgan fingerprint density at radius 2 is 1.28 bits per heavy atom. The lowest BCUT2D eigenvalue weighted by Crippen LogP contribution is -2.47. The van der Waals surface area contributed by atoms with Crippen LogP contribution in [-0.2, 0) is 11.3 Å². The van der Waals surface area contributed by atoms with Crippen molar-refractivity contribution in [1.82, 2.24) is 30.2 Å². The number of carbonyl (C=O) groups is 1. The van der Waals surface area contributed by atoms with Gasteiger partial charge in [-0.15, -0.1) is 0 Å².